The number of nitrogens with zero attached hydrogens (tertiary/aromatic N) is 4. The average molecular weight is 257 g/mol. The Kier molecular flexibility index (Phi) is 2.98. The summed E-state index contributed by atoms with van der Waals surface area (Å²) in [6.45, 7) is 2.71. The first-order valence-electron chi connectivity index (χ1n) is 6.34. The van der Waals surface area contributed by atoms with E-state index in [1.807, 2.05) is 0 Å². The van der Waals surface area contributed by atoms with E-state index in [1.54, 1.807) is 31.6 Å². The van der Waals surface area contributed by atoms with Crippen molar-refractivity contribution >= 4 is 5.82 Å². The van der Waals surface area contributed by atoms with Crippen molar-refractivity contribution in [3.63, 3.8) is 0 Å². The largest absolute Gasteiger partial charge is 0.347 e. The molecular weight excluding hydrogens is 242 g/mol. The second-order valence-corrected chi connectivity index (χ2v) is 4.67. The molecule has 1 fully saturated rings. The number of nitrogens with one attached hydrogen (secondary N) is 1. The molecule has 1 aliphatic rings. The van der Waals surface area contributed by atoms with Gasteiger partial charge in [-0.05, 0) is 19.8 Å². The van der Waals surface area contributed by atoms with E-state index in [0.29, 0.717) is 5.82 Å². The monoisotopic (exact) mass is 257 g/mol. The first-order valence-corrected chi connectivity index (χ1v) is 6.34. The zero-order chi connectivity index (χ0) is 13.2. The van der Waals surface area contributed by atoms with Gasteiger partial charge in [-0.15, -0.1) is 0 Å². The molecule has 2 aromatic rings. The maximum atomic E-state index is 11.6. The minimum Gasteiger partial charge on any atom is -0.347 e. The summed E-state index contributed by atoms with van der Waals surface area (Å²) >= 11 is 0. The van der Waals surface area contributed by atoms with E-state index in [-0.39, 0.29) is 11.6 Å². The second kappa shape index (κ2) is 4.79. The summed E-state index contributed by atoms with van der Waals surface area (Å²) in [5.41, 5.74) is 0.706. The minimum absolute atomic E-state index is 0.103. The highest BCUT2D eigenvalue weighted by atomic mass is 16.1. The maximum absolute atomic E-state index is 11.6. The van der Waals surface area contributed by atoms with E-state index in [0.717, 1.165) is 30.9 Å². The number of aromatic amines is 1. The smallest absolute Gasteiger partial charge is 0.251 e. The van der Waals surface area contributed by atoms with Crippen molar-refractivity contribution in [3.05, 3.63) is 46.5 Å². The standard InChI is InChI=1S/C13H15N5O/c1-9-16-10(7-13(19)17-9)11-3-2-6-18(11)12-8-14-4-5-15-12/h4-5,7-8,11H,2-3,6H2,1H3,(H,16,17,19)/t11-/m0/s1. The molecule has 0 amide bonds. The SMILES string of the molecule is Cc1nc([C@@H]2CCCN2c2cnccn2)cc(=O)[nH]1. The Bertz CT molecular complexity index is 624. The first-order chi connectivity index (χ1) is 9.24. The summed E-state index contributed by atoms with van der Waals surface area (Å²) in [7, 11) is 0. The first kappa shape index (κ1) is 11.8. The Balaban J connectivity index is 1.97. The maximum Gasteiger partial charge on any atom is 0.251 e. The highest BCUT2D eigenvalue weighted by Crippen LogP contribution is 2.33. The molecule has 0 bridgehead atoms. The van der Waals surface area contributed by atoms with Gasteiger partial charge in [-0.1, -0.05) is 0 Å². The molecule has 0 saturated carbocycles. The van der Waals surface area contributed by atoms with Crippen molar-refractivity contribution in [2.24, 2.45) is 0 Å². The summed E-state index contributed by atoms with van der Waals surface area (Å²) in [5.74, 6) is 1.48. The number of anilines is 1. The van der Waals surface area contributed by atoms with Crippen molar-refractivity contribution in [1.29, 1.82) is 0 Å². The molecular formula is C13H15N5O. The lowest BCUT2D eigenvalue weighted by atomic mass is 10.1. The highest BCUT2D eigenvalue weighted by molar-refractivity contribution is 5.40. The average Bonchev–Trinajstić information content (AvgIpc) is 2.88. The molecule has 98 valence electrons. The number of aryl methyl sites for hydroxylation is 1. The predicted octanol–water partition coefficient (Wildman–Crippen LogP) is 1.21. The third-order valence-electron chi connectivity index (χ3n) is 3.32. The van der Waals surface area contributed by atoms with Gasteiger partial charge >= 0.3 is 0 Å². The molecule has 1 saturated heterocycles. The lowest BCUT2D eigenvalue weighted by Gasteiger charge is -2.24. The Morgan fingerprint density at radius 2 is 2.32 bits per heavy atom. The Hall–Kier alpha value is -2.24. The molecule has 2 aromatic heterocycles. The van der Waals surface area contributed by atoms with Gasteiger partial charge in [0.2, 0.25) is 0 Å². The molecule has 0 spiro atoms. The van der Waals surface area contributed by atoms with Crippen LogP contribution < -0.4 is 10.5 Å². The van der Waals surface area contributed by atoms with Crippen molar-refractivity contribution in [2.45, 2.75) is 25.8 Å². The van der Waals surface area contributed by atoms with Crippen molar-refractivity contribution in [2.75, 3.05) is 11.4 Å². The van der Waals surface area contributed by atoms with Gasteiger partial charge in [-0.2, -0.15) is 0 Å². The molecule has 1 aliphatic heterocycles. The van der Waals surface area contributed by atoms with Crippen LogP contribution in [0.25, 0.3) is 0 Å². The molecule has 0 unspecified atom stereocenters. The molecule has 3 heterocycles. The van der Waals surface area contributed by atoms with Crippen LogP contribution in [0.15, 0.2) is 29.5 Å². The Morgan fingerprint density at radius 3 is 3.05 bits per heavy atom. The van der Waals surface area contributed by atoms with Crippen LogP contribution in [0.5, 0.6) is 0 Å². The summed E-state index contributed by atoms with van der Waals surface area (Å²) in [5, 5.41) is 0. The van der Waals surface area contributed by atoms with E-state index < -0.39 is 0 Å². The van der Waals surface area contributed by atoms with E-state index in [9.17, 15) is 4.79 Å². The van der Waals surface area contributed by atoms with Crippen LogP contribution in [0.3, 0.4) is 0 Å². The number of hydrogen-bond acceptors (Lipinski definition) is 5. The molecule has 0 radical (unpaired) electrons. The number of H-pyrrole nitrogens is 1. The topological polar surface area (TPSA) is 74.8 Å². The Labute approximate surface area is 110 Å². The highest BCUT2D eigenvalue weighted by Gasteiger charge is 2.28. The van der Waals surface area contributed by atoms with Crippen LogP contribution in [-0.2, 0) is 0 Å². The fourth-order valence-corrected chi connectivity index (χ4v) is 2.56. The molecule has 1 atom stereocenters. The molecule has 1 N–H and O–H groups in total. The summed E-state index contributed by atoms with van der Waals surface area (Å²) in [4.78, 5) is 29.3. The van der Waals surface area contributed by atoms with E-state index in [2.05, 4.69) is 24.8 Å². The van der Waals surface area contributed by atoms with Gasteiger partial charge in [-0.25, -0.2) is 9.97 Å². The van der Waals surface area contributed by atoms with Crippen LogP contribution in [0, 0.1) is 6.92 Å². The van der Waals surface area contributed by atoms with Gasteiger partial charge in [-0.3, -0.25) is 9.78 Å². The van der Waals surface area contributed by atoms with Crippen LogP contribution in [0.1, 0.15) is 30.4 Å². The minimum atomic E-state index is -0.103. The lowest BCUT2D eigenvalue weighted by Crippen LogP contribution is -2.26. The van der Waals surface area contributed by atoms with Crippen LogP contribution in [-0.4, -0.2) is 26.5 Å². The zero-order valence-corrected chi connectivity index (χ0v) is 10.7. The summed E-state index contributed by atoms with van der Waals surface area (Å²) in [6.07, 6.45) is 7.13. The van der Waals surface area contributed by atoms with Gasteiger partial charge in [0.1, 0.15) is 11.6 Å². The third kappa shape index (κ3) is 2.33. The number of hydrogen-bond donors (Lipinski definition) is 1. The normalized spacial score (nSPS) is 18.8. The Morgan fingerprint density at radius 1 is 1.42 bits per heavy atom. The van der Waals surface area contributed by atoms with Crippen molar-refractivity contribution in [1.82, 2.24) is 19.9 Å². The second-order valence-electron chi connectivity index (χ2n) is 4.67. The number of aromatic nitrogens is 4. The molecule has 0 aromatic carbocycles. The van der Waals surface area contributed by atoms with E-state index in [4.69, 9.17) is 0 Å². The lowest BCUT2D eigenvalue weighted by molar-refractivity contribution is 0.676. The van der Waals surface area contributed by atoms with Gasteiger partial charge in [0.25, 0.3) is 5.56 Å². The van der Waals surface area contributed by atoms with Crippen LogP contribution >= 0.6 is 0 Å². The quantitative estimate of drug-likeness (QED) is 0.875. The van der Waals surface area contributed by atoms with Crippen LogP contribution in [0.4, 0.5) is 5.82 Å². The fraction of sp³-hybridized carbons (Fsp3) is 0.385. The molecule has 19 heavy (non-hydrogen) atoms. The van der Waals surface area contributed by atoms with Crippen molar-refractivity contribution in [3.8, 4) is 0 Å². The zero-order valence-electron chi connectivity index (χ0n) is 10.7. The summed E-state index contributed by atoms with van der Waals surface area (Å²) in [6, 6.07) is 1.68. The van der Waals surface area contributed by atoms with Gasteiger partial charge < -0.3 is 9.88 Å². The van der Waals surface area contributed by atoms with E-state index >= 15 is 0 Å². The predicted molar refractivity (Wildman–Crippen MR) is 70.9 cm³/mol. The molecule has 6 nitrogen and oxygen atoms in total. The van der Waals surface area contributed by atoms with Gasteiger partial charge in [0.15, 0.2) is 0 Å². The molecule has 0 aliphatic carbocycles. The molecule has 6 heteroatoms. The van der Waals surface area contributed by atoms with E-state index in [1.165, 1.54) is 0 Å². The number of rotatable bonds is 2. The third-order valence-corrected chi connectivity index (χ3v) is 3.32. The van der Waals surface area contributed by atoms with Crippen LogP contribution in [0.2, 0.25) is 0 Å². The molecule has 3 rings (SSSR count). The fourth-order valence-electron chi connectivity index (χ4n) is 2.56. The van der Waals surface area contributed by atoms with Crippen molar-refractivity contribution < 1.29 is 0 Å². The van der Waals surface area contributed by atoms with Gasteiger partial charge in [0, 0.05) is 25.0 Å². The summed E-state index contributed by atoms with van der Waals surface area (Å²) < 4.78 is 0. The van der Waals surface area contributed by atoms with Gasteiger partial charge in [0.05, 0.1) is 17.9 Å².